The molecular weight excluding hydrogens is 274 g/mol. The van der Waals surface area contributed by atoms with Crippen molar-refractivity contribution in [1.29, 1.82) is 0 Å². The van der Waals surface area contributed by atoms with Gasteiger partial charge in [0.1, 0.15) is 5.82 Å². The Balaban J connectivity index is 1.70. The lowest BCUT2D eigenvalue weighted by Gasteiger charge is -2.04. The highest BCUT2D eigenvalue weighted by Crippen LogP contribution is 2.55. The van der Waals surface area contributed by atoms with Crippen molar-refractivity contribution in [2.45, 2.75) is 19.4 Å². The highest BCUT2D eigenvalue weighted by Gasteiger charge is 2.55. The lowest BCUT2D eigenvalue weighted by molar-refractivity contribution is 0.509. The second-order valence-electron chi connectivity index (χ2n) is 5.75. The van der Waals surface area contributed by atoms with E-state index in [0.717, 1.165) is 37.6 Å². The van der Waals surface area contributed by atoms with Crippen LogP contribution in [0.3, 0.4) is 0 Å². The maximum atomic E-state index is 13.4. The number of rotatable bonds is 3. The normalized spacial score (nSPS) is 26.9. The van der Waals surface area contributed by atoms with Gasteiger partial charge in [-0.05, 0) is 50.0 Å². The zero-order valence-electron chi connectivity index (χ0n) is 11.7. The van der Waals surface area contributed by atoms with Crippen molar-refractivity contribution in [2.24, 2.45) is 11.8 Å². The van der Waals surface area contributed by atoms with Crippen LogP contribution in [0.15, 0.2) is 18.2 Å². The summed E-state index contributed by atoms with van der Waals surface area (Å²) in [5.74, 6) is 1.50. The van der Waals surface area contributed by atoms with Gasteiger partial charge in [-0.1, -0.05) is 0 Å². The summed E-state index contributed by atoms with van der Waals surface area (Å²) in [6, 6.07) is 3.79. The molecule has 4 rings (SSSR count). The van der Waals surface area contributed by atoms with Crippen molar-refractivity contribution in [3.05, 3.63) is 35.7 Å². The standard InChI is InChI=1S/C15H16F2N4/c1-2-21-15(13-9-6-18-7-10(9)13)19-14(20-21)8-3-4-11(16)12(17)5-8/h3-5,9-10,13,18H,2,6-7H2,1H3/t9-,10+,13?. The van der Waals surface area contributed by atoms with Crippen LogP contribution in [0.4, 0.5) is 8.78 Å². The summed E-state index contributed by atoms with van der Waals surface area (Å²) >= 11 is 0. The van der Waals surface area contributed by atoms with E-state index in [-0.39, 0.29) is 0 Å². The number of piperidine rings is 1. The average molecular weight is 290 g/mol. The van der Waals surface area contributed by atoms with Gasteiger partial charge in [0.2, 0.25) is 0 Å². The predicted molar refractivity (Wildman–Crippen MR) is 73.6 cm³/mol. The molecule has 1 aliphatic carbocycles. The number of aromatic nitrogens is 3. The Kier molecular flexibility index (Phi) is 2.82. The molecule has 0 radical (unpaired) electrons. The SMILES string of the molecule is CCn1nc(-c2ccc(F)c(F)c2)nc1C1[C@H]2CNC[C@@H]12. The number of hydrogen-bond donors (Lipinski definition) is 1. The third-order valence-electron chi connectivity index (χ3n) is 4.57. The van der Waals surface area contributed by atoms with Gasteiger partial charge < -0.3 is 5.32 Å². The first-order valence-electron chi connectivity index (χ1n) is 7.30. The van der Waals surface area contributed by atoms with Crippen molar-refractivity contribution in [1.82, 2.24) is 20.1 Å². The van der Waals surface area contributed by atoms with Crippen molar-refractivity contribution in [2.75, 3.05) is 13.1 Å². The Morgan fingerprint density at radius 1 is 1.24 bits per heavy atom. The number of nitrogens with zero attached hydrogens (tertiary/aromatic N) is 3. The van der Waals surface area contributed by atoms with E-state index in [2.05, 4.69) is 15.4 Å². The Labute approximate surface area is 121 Å². The van der Waals surface area contributed by atoms with Gasteiger partial charge in [0.15, 0.2) is 17.5 Å². The molecule has 3 atom stereocenters. The molecule has 1 aliphatic heterocycles. The molecule has 2 aliphatic rings. The maximum Gasteiger partial charge on any atom is 0.181 e. The fourth-order valence-electron chi connectivity index (χ4n) is 3.39. The van der Waals surface area contributed by atoms with Crippen LogP contribution in [0.1, 0.15) is 18.7 Å². The molecule has 4 nitrogen and oxygen atoms in total. The zero-order chi connectivity index (χ0) is 14.6. The molecule has 110 valence electrons. The van der Waals surface area contributed by atoms with Crippen molar-refractivity contribution < 1.29 is 8.78 Å². The first kappa shape index (κ1) is 12.9. The molecule has 2 heterocycles. The third-order valence-corrected chi connectivity index (χ3v) is 4.57. The predicted octanol–water partition coefficient (Wildman–Crippen LogP) is 2.18. The van der Waals surface area contributed by atoms with Crippen LogP contribution >= 0.6 is 0 Å². The fraction of sp³-hybridized carbons (Fsp3) is 0.467. The lowest BCUT2D eigenvalue weighted by Crippen LogP contribution is -2.16. The smallest absolute Gasteiger partial charge is 0.181 e. The highest BCUT2D eigenvalue weighted by atomic mass is 19.2. The first-order valence-corrected chi connectivity index (χ1v) is 7.30. The summed E-state index contributed by atoms with van der Waals surface area (Å²) in [5, 5.41) is 7.82. The van der Waals surface area contributed by atoms with Gasteiger partial charge in [-0.3, -0.25) is 0 Å². The Bertz CT molecular complexity index is 687. The molecule has 1 aromatic carbocycles. The Morgan fingerprint density at radius 3 is 2.67 bits per heavy atom. The molecule has 1 saturated heterocycles. The molecule has 0 amide bonds. The Hall–Kier alpha value is -1.82. The highest BCUT2D eigenvalue weighted by molar-refractivity contribution is 5.54. The van der Waals surface area contributed by atoms with Gasteiger partial charge in [0.25, 0.3) is 0 Å². The number of nitrogens with one attached hydrogen (secondary N) is 1. The monoisotopic (exact) mass is 290 g/mol. The molecule has 0 spiro atoms. The van der Waals surface area contributed by atoms with Crippen molar-refractivity contribution >= 4 is 0 Å². The number of aryl methyl sites for hydroxylation is 1. The van der Waals surface area contributed by atoms with E-state index in [0.29, 0.717) is 29.1 Å². The minimum Gasteiger partial charge on any atom is -0.316 e. The summed E-state index contributed by atoms with van der Waals surface area (Å²) < 4.78 is 28.3. The summed E-state index contributed by atoms with van der Waals surface area (Å²) in [4.78, 5) is 4.60. The van der Waals surface area contributed by atoms with Crippen molar-refractivity contribution in [3.63, 3.8) is 0 Å². The fourth-order valence-corrected chi connectivity index (χ4v) is 3.39. The van der Waals surface area contributed by atoms with E-state index < -0.39 is 11.6 Å². The first-order chi connectivity index (χ1) is 10.2. The van der Waals surface area contributed by atoms with E-state index in [9.17, 15) is 8.78 Å². The van der Waals surface area contributed by atoms with E-state index in [1.165, 1.54) is 6.07 Å². The average Bonchev–Trinajstić information content (AvgIpc) is 2.88. The van der Waals surface area contributed by atoms with Crippen LogP contribution in [-0.2, 0) is 6.54 Å². The summed E-state index contributed by atoms with van der Waals surface area (Å²) in [5.41, 5.74) is 0.520. The van der Waals surface area contributed by atoms with Gasteiger partial charge in [-0.15, -0.1) is 0 Å². The van der Waals surface area contributed by atoms with Crippen molar-refractivity contribution in [3.8, 4) is 11.4 Å². The van der Waals surface area contributed by atoms with E-state index >= 15 is 0 Å². The van der Waals surface area contributed by atoms with Gasteiger partial charge in [0.05, 0.1) is 0 Å². The van der Waals surface area contributed by atoms with Gasteiger partial charge >= 0.3 is 0 Å². The summed E-state index contributed by atoms with van der Waals surface area (Å²) in [6.45, 7) is 4.82. The third kappa shape index (κ3) is 1.97. The van der Waals surface area contributed by atoms with Gasteiger partial charge in [0, 0.05) is 18.0 Å². The molecule has 0 bridgehead atoms. The van der Waals surface area contributed by atoms with Crippen LogP contribution in [0, 0.1) is 23.5 Å². The minimum atomic E-state index is -0.866. The molecule has 1 saturated carbocycles. The number of hydrogen-bond acceptors (Lipinski definition) is 3. The maximum absolute atomic E-state index is 13.4. The van der Waals surface area contributed by atoms with Crippen LogP contribution in [0.2, 0.25) is 0 Å². The zero-order valence-corrected chi connectivity index (χ0v) is 11.7. The second kappa shape index (κ2) is 4.59. The van der Waals surface area contributed by atoms with Gasteiger partial charge in [-0.25, -0.2) is 18.4 Å². The summed E-state index contributed by atoms with van der Waals surface area (Å²) in [6.07, 6.45) is 0. The molecule has 2 aromatic rings. The molecular formula is C15H16F2N4. The molecule has 1 aromatic heterocycles. The van der Waals surface area contributed by atoms with Gasteiger partial charge in [-0.2, -0.15) is 5.10 Å². The Morgan fingerprint density at radius 2 is 2.00 bits per heavy atom. The largest absolute Gasteiger partial charge is 0.316 e. The second-order valence-corrected chi connectivity index (χ2v) is 5.75. The molecule has 21 heavy (non-hydrogen) atoms. The summed E-state index contributed by atoms with van der Waals surface area (Å²) in [7, 11) is 0. The number of halogens is 2. The van der Waals surface area contributed by atoms with E-state index in [1.807, 2.05) is 11.6 Å². The lowest BCUT2D eigenvalue weighted by atomic mass is 10.2. The number of benzene rings is 1. The van der Waals surface area contributed by atoms with E-state index in [4.69, 9.17) is 0 Å². The molecule has 1 N–H and O–H groups in total. The topological polar surface area (TPSA) is 42.7 Å². The van der Waals surface area contributed by atoms with Crippen LogP contribution < -0.4 is 5.32 Å². The molecule has 1 unspecified atom stereocenters. The van der Waals surface area contributed by atoms with Crippen LogP contribution in [0.5, 0.6) is 0 Å². The van der Waals surface area contributed by atoms with Crippen LogP contribution in [0.25, 0.3) is 11.4 Å². The molecule has 2 fully saturated rings. The van der Waals surface area contributed by atoms with E-state index in [1.54, 1.807) is 0 Å². The minimum absolute atomic E-state index is 0.456. The number of fused-ring (bicyclic) bond motifs is 1. The van der Waals surface area contributed by atoms with Crippen LogP contribution in [-0.4, -0.2) is 27.9 Å². The quantitative estimate of drug-likeness (QED) is 0.942. The molecule has 6 heteroatoms.